The van der Waals surface area contributed by atoms with Gasteiger partial charge in [0, 0.05) is 13.1 Å². The van der Waals surface area contributed by atoms with Gasteiger partial charge < -0.3 is 25.0 Å². The molecule has 0 aliphatic carbocycles. The van der Waals surface area contributed by atoms with Crippen LogP contribution in [0, 0.1) is 0 Å². The zero-order valence-electron chi connectivity index (χ0n) is 12.4. The van der Waals surface area contributed by atoms with Crippen LogP contribution in [0.4, 0.5) is 0 Å². The zero-order chi connectivity index (χ0) is 15.0. The summed E-state index contributed by atoms with van der Waals surface area (Å²) in [6, 6.07) is 7.30. The number of hydrogen-bond acceptors (Lipinski definition) is 5. The third-order valence-electron chi connectivity index (χ3n) is 3.15. The first-order valence-electron chi connectivity index (χ1n) is 6.85. The second kappa shape index (κ2) is 8.09. The summed E-state index contributed by atoms with van der Waals surface area (Å²) in [6.07, 6.45) is 0.0148. The van der Waals surface area contributed by atoms with Crippen molar-refractivity contribution in [3.05, 3.63) is 24.3 Å². The van der Waals surface area contributed by atoms with Crippen LogP contribution in [0.2, 0.25) is 0 Å². The van der Waals surface area contributed by atoms with Crippen molar-refractivity contribution in [3.8, 4) is 11.5 Å². The van der Waals surface area contributed by atoms with E-state index >= 15 is 0 Å². The first-order valence-corrected chi connectivity index (χ1v) is 6.85. The normalized spacial score (nSPS) is 15.4. The number of rotatable bonds is 9. The molecule has 1 rings (SSSR count). The molecule has 0 aliphatic heterocycles. The Morgan fingerprint density at radius 2 is 1.95 bits per heavy atom. The number of aliphatic hydroxyl groups is 2. The molecule has 20 heavy (non-hydrogen) atoms. The maximum atomic E-state index is 9.83. The molecule has 0 bridgehead atoms. The van der Waals surface area contributed by atoms with Gasteiger partial charge in [-0.25, -0.2) is 0 Å². The van der Waals surface area contributed by atoms with E-state index in [9.17, 15) is 10.2 Å². The molecule has 0 radical (unpaired) electrons. The number of methoxy groups -OCH3 is 1. The molecule has 5 nitrogen and oxygen atoms in total. The second-order valence-corrected chi connectivity index (χ2v) is 5.10. The molecular formula is C15H25NO4. The fraction of sp³-hybridized carbons (Fsp3) is 0.600. The summed E-state index contributed by atoms with van der Waals surface area (Å²) in [4.78, 5) is 0. The van der Waals surface area contributed by atoms with Gasteiger partial charge in [-0.15, -0.1) is 0 Å². The number of benzene rings is 1. The van der Waals surface area contributed by atoms with Gasteiger partial charge in [-0.05, 0) is 25.5 Å². The quantitative estimate of drug-likeness (QED) is 0.635. The molecule has 0 heterocycles. The molecule has 1 aromatic rings. The molecular weight excluding hydrogens is 258 g/mol. The summed E-state index contributed by atoms with van der Waals surface area (Å²) in [5.74, 6) is 1.25. The Balaban J connectivity index is 2.31. The number of aliphatic hydroxyl groups excluding tert-OH is 1. The summed E-state index contributed by atoms with van der Waals surface area (Å²) in [5, 5.41) is 22.7. The van der Waals surface area contributed by atoms with Gasteiger partial charge >= 0.3 is 0 Å². The molecule has 0 amide bonds. The smallest absolute Gasteiger partial charge is 0.161 e. The molecule has 0 spiro atoms. The van der Waals surface area contributed by atoms with Crippen LogP contribution in [0.5, 0.6) is 11.5 Å². The van der Waals surface area contributed by atoms with Gasteiger partial charge in [0.1, 0.15) is 12.7 Å². The van der Waals surface area contributed by atoms with Gasteiger partial charge in [0.05, 0.1) is 12.7 Å². The molecule has 0 aromatic heterocycles. The van der Waals surface area contributed by atoms with Crippen molar-refractivity contribution in [2.75, 3.05) is 26.8 Å². The molecule has 114 valence electrons. The summed E-state index contributed by atoms with van der Waals surface area (Å²) in [7, 11) is 1.58. The summed E-state index contributed by atoms with van der Waals surface area (Å²) in [6.45, 7) is 4.66. The molecule has 5 heteroatoms. The van der Waals surface area contributed by atoms with E-state index in [4.69, 9.17) is 9.47 Å². The predicted molar refractivity (Wildman–Crippen MR) is 78.3 cm³/mol. The van der Waals surface area contributed by atoms with Crippen LogP contribution < -0.4 is 14.8 Å². The van der Waals surface area contributed by atoms with E-state index in [1.54, 1.807) is 26.2 Å². The monoisotopic (exact) mass is 283 g/mol. The first-order chi connectivity index (χ1) is 9.48. The average molecular weight is 283 g/mol. The Labute approximate surface area is 120 Å². The first kappa shape index (κ1) is 16.8. The highest BCUT2D eigenvalue weighted by Crippen LogP contribution is 2.25. The van der Waals surface area contributed by atoms with Gasteiger partial charge in [0.2, 0.25) is 0 Å². The topological polar surface area (TPSA) is 71.0 Å². The SMILES string of the molecule is CCC(C)(O)CNCC(O)COc1ccccc1OC. The van der Waals surface area contributed by atoms with E-state index in [0.29, 0.717) is 31.0 Å². The van der Waals surface area contributed by atoms with Gasteiger partial charge in [-0.1, -0.05) is 19.1 Å². The lowest BCUT2D eigenvalue weighted by molar-refractivity contribution is 0.0475. The highest BCUT2D eigenvalue weighted by atomic mass is 16.5. The van der Waals surface area contributed by atoms with Crippen LogP contribution in [-0.2, 0) is 0 Å². The van der Waals surface area contributed by atoms with Crippen molar-refractivity contribution >= 4 is 0 Å². The van der Waals surface area contributed by atoms with E-state index in [1.807, 2.05) is 19.1 Å². The van der Waals surface area contributed by atoms with E-state index < -0.39 is 11.7 Å². The van der Waals surface area contributed by atoms with Crippen LogP contribution in [-0.4, -0.2) is 48.7 Å². The molecule has 3 N–H and O–H groups in total. The number of ether oxygens (including phenoxy) is 2. The van der Waals surface area contributed by atoms with Crippen molar-refractivity contribution in [2.24, 2.45) is 0 Å². The third kappa shape index (κ3) is 5.77. The molecule has 0 fully saturated rings. The number of nitrogens with one attached hydrogen (secondary N) is 1. The molecule has 1 aromatic carbocycles. The molecule has 0 saturated carbocycles. The summed E-state index contributed by atoms with van der Waals surface area (Å²) >= 11 is 0. The summed E-state index contributed by atoms with van der Waals surface area (Å²) < 4.78 is 10.7. The highest BCUT2D eigenvalue weighted by Gasteiger charge is 2.17. The minimum absolute atomic E-state index is 0.168. The minimum Gasteiger partial charge on any atom is -0.493 e. The lowest BCUT2D eigenvalue weighted by Gasteiger charge is -2.22. The maximum Gasteiger partial charge on any atom is 0.161 e. The third-order valence-corrected chi connectivity index (χ3v) is 3.15. The van der Waals surface area contributed by atoms with Crippen LogP contribution in [0.25, 0.3) is 0 Å². The lowest BCUT2D eigenvalue weighted by atomic mass is 10.0. The average Bonchev–Trinajstić information content (AvgIpc) is 2.45. The highest BCUT2D eigenvalue weighted by molar-refractivity contribution is 5.39. The predicted octanol–water partition coefficient (Wildman–Crippen LogP) is 1.19. The van der Waals surface area contributed by atoms with Crippen LogP contribution >= 0.6 is 0 Å². The van der Waals surface area contributed by atoms with Crippen LogP contribution in [0.3, 0.4) is 0 Å². The van der Waals surface area contributed by atoms with Crippen molar-refractivity contribution in [2.45, 2.75) is 32.0 Å². The molecule has 0 saturated heterocycles. The summed E-state index contributed by atoms with van der Waals surface area (Å²) in [5.41, 5.74) is -0.747. The Morgan fingerprint density at radius 3 is 2.55 bits per heavy atom. The standard InChI is InChI=1S/C15H25NO4/c1-4-15(2,18)11-16-9-12(17)10-20-14-8-6-5-7-13(14)19-3/h5-8,12,16-18H,4,9-11H2,1-3H3. The lowest BCUT2D eigenvalue weighted by Crippen LogP contribution is -2.41. The van der Waals surface area contributed by atoms with Crippen molar-refractivity contribution in [1.29, 1.82) is 0 Å². The minimum atomic E-state index is -0.747. The Morgan fingerprint density at radius 1 is 1.30 bits per heavy atom. The van der Waals surface area contributed by atoms with Gasteiger partial charge in [0.25, 0.3) is 0 Å². The number of para-hydroxylation sites is 2. The van der Waals surface area contributed by atoms with Crippen molar-refractivity contribution in [1.82, 2.24) is 5.32 Å². The fourth-order valence-electron chi connectivity index (χ4n) is 1.62. The largest absolute Gasteiger partial charge is 0.493 e. The Kier molecular flexibility index (Phi) is 6.78. The van der Waals surface area contributed by atoms with E-state index in [2.05, 4.69) is 5.32 Å². The molecule has 2 unspecified atom stereocenters. The van der Waals surface area contributed by atoms with Crippen molar-refractivity contribution in [3.63, 3.8) is 0 Å². The Bertz CT molecular complexity index is 395. The fourth-order valence-corrected chi connectivity index (χ4v) is 1.62. The number of hydrogen-bond donors (Lipinski definition) is 3. The maximum absolute atomic E-state index is 9.83. The zero-order valence-corrected chi connectivity index (χ0v) is 12.4. The Hall–Kier alpha value is -1.30. The molecule has 2 atom stereocenters. The van der Waals surface area contributed by atoms with Gasteiger partial charge in [0.15, 0.2) is 11.5 Å². The van der Waals surface area contributed by atoms with Crippen LogP contribution in [0.1, 0.15) is 20.3 Å². The van der Waals surface area contributed by atoms with E-state index in [0.717, 1.165) is 0 Å². The van der Waals surface area contributed by atoms with Gasteiger partial charge in [-0.3, -0.25) is 0 Å². The van der Waals surface area contributed by atoms with E-state index in [-0.39, 0.29) is 6.61 Å². The van der Waals surface area contributed by atoms with Gasteiger partial charge in [-0.2, -0.15) is 0 Å². The second-order valence-electron chi connectivity index (χ2n) is 5.10. The van der Waals surface area contributed by atoms with Crippen LogP contribution in [0.15, 0.2) is 24.3 Å². The van der Waals surface area contributed by atoms with E-state index in [1.165, 1.54) is 0 Å². The molecule has 0 aliphatic rings. The van der Waals surface area contributed by atoms with Crippen molar-refractivity contribution < 1.29 is 19.7 Å².